The van der Waals surface area contributed by atoms with Crippen LogP contribution in [0.15, 0.2) is 62.9 Å². The van der Waals surface area contributed by atoms with Gasteiger partial charge in [-0.15, -0.1) is 0 Å². The van der Waals surface area contributed by atoms with Crippen LogP contribution in [0.2, 0.25) is 0 Å². The molecule has 6 nitrogen and oxygen atoms in total. The molecule has 0 amide bonds. The van der Waals surface area contributed by atoms with Gasteiger partial charge in [-0.05, 0) is 62.6 Å². The number of sulfone groups is 1. The second-order valence-electron chi connectivity index (χ2n) is 7.23. The third-order valence-corrected chi connectivity index (χ3v) is 6.78. The summed E-state index contributed by atoms with van der Waals surface area (Å²) in [6.07, 6.45) is 3.14. The van der Waals surface area contributed by atoms with Crippen molar-refractivity contribution in [2.24, 2.45) is 0 Å². The average Bonchev–Trinajstić information content (AvgIpc) is 3.21. The number of hydrogen-bond donors (Lipinski definition) is 0. The van der Waals surface area contributed by atoms with Crippen LogP contribution in [0.3, 0.4) is 0 Å². The van der Waals surface area contributed by atoms with Crippen LogP contribution in [-0.4, -0.2) is 33.6 Å². The fourth-order valence-corrected chi connectivity index (χ4v) is 4.86. The van der Waals surface area contributed by atoms with Crippen LogP contribution in [0.4, 0.5) is 5.88 Å². The van der Waals surface area contributed by atoms with Gasteiger partial charge in [-0.2, -0.15) is 4.98 Å². The maximum absolute atomic E-state index is 13.4. The quantitative estimate of drug-likeness (QED) is 0.615. The first-order chi connectivity index (χ1) is 14.0. The first-order valence-corrected chi connectivity index (χ1v) is 11.2. The molecule has 0 radical (unpaired) electrons. The summed E-state index contributed by atoms with van der Waals surface area (Å²) in [5.74, 6) is 1.25. The van der Waals surface area contributed by atoms with Crippen molar-refractivity contribution >= 4 is 15.7 Å². The number of nitrogens with zero attached hydrogens (tertiary/aromatic N) is 2. The molecule has 0 aliphatic carbocycles. The van der Waals surface area contributed by atoms with Crippen LogP contribution in [0.5, 0.6) is 5.75 Å². The van der Waals surface area contributed by atoms with Gasteiger partial charge in [0.1, 0.15) is 5.75 Å². The lowest BCUT2D eigenvalue weighted by Gasteiger charge is -2.26. The molecular formula is C22H24N2O4S. The van der Waals surface area contributed by atoms with E-state index in [2.05, 4.69) is 4.98 Å². The maximum atomic E-state index is 13.4. The molecule has 0 unspecified atom stereocenters. The van der Waals surface area contributed by atoms with Crippen LogP contribution in [0.25, 0.3) is 11.5 Å². The summed E-state index contributed by atoms with van der Waals surface area (Å²) in [6, 6.07) is 14.0. The van der Waals surface area contributed by atoms with Gasteiger partial charge in [0.2, 0.25) is 26.6 Å². The van der Waals surface area contributed by atoms with Crippen molar-refractivity contribution < 1.29 is 17.6 Å². The summed E-state index contributed by atoms with van der Waals surface area (Å²) in [7, 11) is -2.30. The summed E-state index contributed by atoms with van der Waals surface area (Å²) in [6.45, 7) is 3.49. The second-order valence-corrected chi connectivity index (χ2v) is 9.09. The Bertz CT molecular complexity index is 1100. The van der Waals surface area contributed by atoms with E-state index in [1.54, 1.807) is 19.2 Å². The number of benzene rings is 2. The van der Waals surface area contributed by atoms with Crippen molar-refractivity contribution in [3.63, 3.8) is 0 Å². The van der Waals surface area contributed by atoms with E-state index in [1.165, 1.54) is 12.1 Å². The molecule has 0 atom stereocenters. The molecule has 0 N–H and O–H groups in total. The molecule has 29 heavy (non-hydrogen) atoms. The Kier molecular flexibility index (Phi) is 5.32. The van der Waals surface area contributed by atoms with E-state index < -0.39 is 9.84 Å². The molecule has 2 aromatic carbocycles. The number of methoxy groups -OCH3 is 1. The summed E-state index contributed by atoms with van der Waals surface area (Å²) in [5.41, 5.74) is 1.82. The number of ether oxygens (including phenoxy) is 1. The molecule has 152 valence electrons. The molecule has 1 aromatic heterocycles. The molecule has 1 fully saturated rings. The molecule has 1 saturated heterocycles. The summed E-state index contributed by atoms with van der Waals surface area (Å²) in [5, 5.41) is -0.0268. The second kappa shape index (κ2) is 7.91. The molecule has 2 heterocycles. The Morgan fingerprint density at radius 1 is 1.03 bits per heavy atom. The highest BCUT2D eigenvalue weighted by molar-refractivity contribution is 7.91. The predicted molar refractivity (Wildman–Crippen MR) is 111 cm³/mol. The van der Waals surface area contributed by atoms with E-state index in [0.717, 1.165) is 43.5 Å². The minimum absolute atomic E-state index is 0.0268. The highest BCUT2D eigenvalue weighted by Crippen LogP contribution is 2.36. The average molecular weight is 413 g/mol. The van der Waals surface area contributed by atoms with Gasteiger partial charge in [-0.25, -0.2) is 8.42 Å². The molecule has 1 aliphatic rings. The van der Waals surface area contributed by atoms with E-state index in [1.807, 2.05) is 36.1 Å². The van der Waals surface area contributed by atoms with Crippen LogP contribution >= 0.6 is 0 Å². The zero-order valence-corrected chi connectivity index (χ0v) is 17.4. The van der Waals surface area contributed by atoms with Crippen molar-refractivity contribution in [1.29, 1.82) is 0 Å². The number of anilines is 1. The van der Waals surface area contributed by atoms with E-state index in [0.29, 0.717) is 17.5 Å². The lowest BCUT2D eigenvalue weighted by Crippen LogP contribution is -2.30. The number of aryl methyl sites for hydroxylation is 1. The van der Waals surface area contributed by atoms with Crippen molar-refractivity contribution in [3.8, 4) is 17.2 Å². The molecule has 3 aromatic rings. The molecular weight excluding hydrogens is 388 g/mol. The molecule has 7 heteroatoms. The Labute approximate surface area is 171 Å². The number of piperidine rings is 1. The molecule has 1 aliphatic heterocycles. The molecule has 0 saturated carbocycles. The largest absolute Gasteiger partial charge is 0.497 e. The number of oxazole rings is 1. The predicted octanol–water partition coefficient (Wildman–Crippen LogP) is 4.48. The summed E-state index contributed by atoms with van der Waals surface area (Å²) < 4.78 is 38.0. The zero-order valence-electron chi connectivity index (χ0n) is 16.6. The first kappa shape index (κ1) is 19.5. The topological polar surface area (TPSA) is 72.6 Å². The van der Waals surface area contributed by atoms with Crippen molar-refractivity contribution in [1.82, 2.24) is 4.98 Å². The SMILES string of the molecule is COc1ccc(S(=O)(=O)c2nc(-c3cccc(C)c3)oc2N2CCCCC2)cc1. The van der Waals surface area contributed by atoms with Crippen molar-refractivity contribution in [2.75, 3.05) is 25.1 Å². The van der Waals surface area contributed by atoms with Gasteiger partial charge in [0.25, 0.3) is 0 Å². The lowest BCUT2D eigenvalue weighted by atomic mass is 10.1. The molecule has 4 rings (SSSR count). The fourth-order valence-electron chi connectivity index (χ4n) is 3.54. The van der Waals surface area contributed by atoms with E-state index in [9.17, 15) is 8.42 Å². The highest BCUT2D eigenvalue weighted by atomic mass is 32.2. The molecule has 0 spiro atoms. The Balaban J connectivity index is 1.83. The minimum atomic E-state index is -3.84. The van der Waals surface area contributed by atoms with Gasteiger partial charge < -0.3 is 14.1 Å². The fraction of sp³-hybridized carbons (Fsp3) is 0.318. The minimum Gasteiger partial charge on any atom is -0.497 e. The van der Waals surface area contributed by atoms with Crippen LogP contribution in [-0.2, 0) is 9.84 Å². The van der Waals surface area contributed by atoms with Gasteiger partial charge in [0.05, 0.1) is 12.0 Å². The maximum Gasteiger partial charge on any atom is 0.236 e. The normalized spacial score (nSPS) is 14.8. The van der Waals surface area contributed by atoms with E-state index in [4.69, 9.17) is 9.15 Å². The first-order valence-electron chi connectivity index (χ1n) is 9.71. The summed E-state index contributed by atoms with van der Waals surface area (Å²) in [4.78, 5) is 6.62. The van der Waals surface area contributed by atoms with Gasteiger partial charge in [0, 0.05) is 18.7 Å². The van der Waals surface area contributed by atoms with Gasteiger partial charge in [0.15, 0.2) is 0 Å². The lowest BCUT2D eigenvalue weighted by molar-refractivity contribution is 0.414. The smallest absolute Gasteiger partial charge is 0.236 e. The summed E-state index contributed by atoms with van der Waals surface area (Å²) >= 11 is 0. The number of aromatic nitrogens is 1. The van der Waals surface area contributed by atoms with Gasteiger partial charge >= 0.3 is 0 Å². The third-order valence-electron chi connectivity index (χ3n) is 5.11. The monoisotopic (exact) mass is 412 g/mol. The molecule has 0 bridgehead atoms. The van der Waals surface area contributed by atoms with Gasteiger partial charge in [-0.1, -0.05) is 17.7 Å². The third kappa shape index (κ3) is 3.87. The number of rotatable bonds is 5. The highest BCUT2D eigenvalue weighted by Gasteiger charge is 2.32. The van der Waals surface area contributed by atoms with Gasteiger partial charge in [-0.3, -0.25) is 0 Å². The van der Waals surface area contributed by atoms with Crippen LogP contribution < -0.4 is 9.64 Å². The van der Waals surface area contributed by atoms with E-state index >= 15 is 0 Å². The zero-order chi connectivity index (χ0) is 20.4. The van der Waals surface area contributed by atoms with Crippen molar-refractivity contribution in [2.45, 2.75) is 36.1 Å². The van der Waals surface area contributed by atoms with E-state index in [-0.39, 0.29) is 9.92 Å². The number of hydrogen-bond acceptors (Lipinski definition) is 6. The van der Waals surface area contributed by atoms with Crippen molar-refractivity contribution in [3.05, 3.63) is 54.1 Å². The standard InChI is InChI=1S/C22H24N2O4S/c1-16-7-6-8-17(15-16)20-23-21(22(28-20)24-13-4-3-5-14-24)29(25,26)19-11-9-18(27-2)10-12-19/h6-12,15H,3-5,13-14H2,1-2H3. The Hall–Kier alpha value is -2.80. The van der Waals surface area contributed by atoms with Crippen LogP contribution in [0.1, 0.15) is 24.8 Å². The Morgan fingerprint density at radius 3 is 2.41 bits per heavy atom. The Morgan fingerprint density at radius 2 is 1.76 bits per heavy atom. The van der Waals surface area contributed by atoms with Crippen LogP contribution in [0, 0.1) is 6.92 Å².